The van der Waals surface area contributed by atoms with Crippen molar-refractivity contribution >= 4 is 13.6 Å². The second-order valence-corrected chi connectivity index (χ2v) is 6.42. The molecule has 5 nitrogen and oxygen atoms in total. The van der Waals surface area contributed by atoms with Crippen LogP contribution in [-0.4, -0.2) is 32.0 Å². The van der Waals surface area contributed by atoms with Gasteiger partial charge in [0.15, 0.2) is 0 Å². The predicted octanol–water partition coefficient (Wildman–Crippen LogP) is 2.76. The van der Waals surface area contributed by atoms with Gasteiger partial charge in [-0.3, -0.25) is 4.57 Å². The van der Waals surface area contributed by atoms with Crippen molar-refractivity contribution in [1.29, 1.82) is 0 Å². The smallest absolute Gasteiger partial charge is 0.337 e. The molecular weight excluding hydrogens is 255 g/mol. The summed E-state index contributed by atoms with van der Waals surface area (Å²) in [5, 5.41) is 0. The van der Waals surface area contributed by atoms with Crippen molar-refractivity contribution in [2.45, 2.75) is 32.9 Å². The number of methoxy groups -OCH3 is 1. The minimum Gasteiger partial charge on any atom is -0.466 e. The Bertz CT molecular complexity index is 367. The summed E-state index contributed by atoms with van der Waals surface area (Å²) in [5.74, 6) is -0.327. The summed E-state index contributed by atoms with van der Waals surface area (Å²) in [5.41, 5.74) is 0.182. The Hall–Kier alpha value is -0.640. The van der Waals surface area contributed by atoms with Gasteiger partial charge in [0.2, 0.25) is 0 Å². The Morgan fingerprint density at radius 3 is 2.39 bits per heavy atom. The predicted molar refractivity (Wildman–Crippen MR) is 68.5 cm³/mol. The van der Waals surface area contributed by atoms with E-state index in [4.69, 9.17) is 9.05 Å². The van der Waals surface area contributed by atoms with Crippen LogP contribution in [0.5, 0.6) is 0 Å². The molecular formula is C12H21O5P. The van der Waals surface area contributed by atoms with E-state index in [-0.39, 0.29) is 17.5 Å². The SMILES string of the molecule is CCOP(=O)(OCC)C1C=C(C(=O)OC)CC1C. The molecule has 0 aromatic rings. The molecule has 0 spiro atoms. The van der Waals surface area contributed by atoms with Gasteiger partial charge in [-0.15, -0.1) is 0 Å². The zero-order valence-corrected chi connectivity index (χ0v) is 12.2. The van der Waals surface area contributed by atoms with Gasteiger partial charge in [0.25, 0.3) is 0 Å². The summed E-state index contributed by atoms with van der Waals surface area (Å²) in [6, 6.07) is 0. The van der Waals surface area contributed by atoms with Crippen LogP contribution in [0.4, 0.5) is 0 Å². The van der Waals surface area contributed by atoms with Crippen LogP contribution in [0.2, 0.25) is 0 Å². The fourth-order valence-electron chi connectivity index (χ4n) is 2.16. The van der Waals surface area contributed by atoms with Crippen molar-refractivity contribution < 1.29 is 23.1 Å². The summed E-state index contributed by atoms with van der Waals surface area (Å²) in [4.78, 5) is 11.5. The Morgan fingerprint density at radius 2 is 1.94 bits per heavy atom. The molecule has 6 heteroatoms. The zero-order chi connectivity index (χ0) is 13.8. The highest BCUT2D eigenvalue weighted by atomic mass is 31.2. The molecule has 0 aromatic heterocycles. The molecule has 0 saturated carbocycles. The molecule has 1 rings (SSSR count). The van der Waals surface area contributed by atoms with Crippen LogP contribution in [0.1, 0.15) is 27.2 Å². The maximum absolute atomic E-state index is 12.6. The second kappa shape index (κ2) is 6.50. The lowest BCUT2D eigenvalue weighted by Crippen LogP contribution is -2.15. The average Bonchev–Trinajstić information content (AvgIpc) is 2.71. The van der Waals surface area contributed by atoms with E-state index in [1.807, 2.05) is 6.92 Å². The molecule has 0 aliphatic heterocycles. The first kappa shape index (κ1) is 15.4. The zero-order valence-electron chi connectivity index (χ0n) is 11.3. The van der Waals surface area contributed by atoms with Gasteiger partial charge in [0.05, 0.1) is 26.0 Å². The number of ether oxygens (including phenoxy) is 1. The van der Waals surface area contributed by atoms with Crippen molar-refractivity contribution in [3.8, 4) is 0 Å². The second-order valence-electron chi connectivity index (χ2n) is 4.23. The monoisotopic (exact) mass is 276 g/mol. The van der Waals surface area contributed by atoms with Crippen LogP contribution in [0.15, 0.2) is 11.6 Å². The first-order valence-electron chi connectivity index (χ1n) is 6.16. The van der Waals surface area contributed by atoms with E-state index in [9.17, 15) is 9.36 Å². The Labute approximate surface area is 108 Å². The minimum absolute atomic E-state index is 0.0445. The lowest BCUT2D eigenvalue weighted by atomic mass is 10.1. The van der Waals surface area contributed by atoms with Crippen molar-refractivity contribution in [2.75, 3.05) is 20.3 Å². The lowest BCUT2D eigenvalue weighted by Gasteiger charge is -2.24. The summed E-state index contributed by atoms with van der Waals surface area (Å²) in [7, 11) is -1.86. The van der Waals surface area contributed by atoms with Gasteiger partial charge in [-0.05, 0) is 26.2 Å². The van der Waals surface area contributed by atoms with Crippen molar-refractivity contribution in [3.63, 3.8) is 0 Å². The molecule has 1 aliphatic carbocycles. The third kappa shape index (κ3) is 3.22. The van der Waals surface area contributed by atoms with Crippen LogP contribution in [0.3, 0.4) is 0 Å². The highest BCUT2D eigenvalue weighted by Gasteiger charge is 2.42. The third-order valence-corrected chi connectivity index (χ3v) is 5.55. The number of esters is 1. The van der Waals surface area contributed by atoms with Crippen LogP contribution in [0.25, 0.3) is 0 Å². The molecule has 18 heavy (non-hydrogen) atoms. The molecule has 0 amide bonds. The van der Waals surface area contributed by atoms with E-state index < -0.39 is 7.60 Å². The van der Waals surface area contributed by atoms with Crippen LogP contribution in [-0.2, 0) is 23.1 Å². The molecule has 0 radical (unpaired) electrons. The molecule has 2 atom stereocenters. The topological polar surface area (TPSA) is 61.8 Å². The number of hydrogen-bond acceptors (Lipinski definition) is 5. The lowest BCUT2D eigenvalue weighted by molar-refractivity contribution is -0.136. The summed E-state index contributed by atoms with van der Waals surface area (Å²) >= 11 is 0. The van der Waals surface area contributed by atoms with Gasteiger partial charge < -0.3 is 13.8 Å². The summed E-state index contributed by atoms with van der Waals surface area (Å²) < 4.78 is 28.0. The molecule has 1 aliphatic rings. The maximum atomic E-state index is 12.6. The van der Waals surface area contributed by atoms with Crippen LogP contribution < -0.4 is 0 Å². The largest absolute Gasteiger partial charge is 0.466 e. The summed E-state index contributed by atoms with van der Waals surface area (Å²) in [6.45, 7) is 6.12. The van der Waals surface area contributed by atoms with Crippen LogP contribution in [0, 0.1) is 5.92 Å². The number of allylic oxidation sites excluding steroid dienone is 1. The van der Waals surface area contributed by atoms with Gasteiger partial charge in [-0.2, -0.15) is 0 Å². The number of carbonyl (C=O) groups is 1. The Kier molecular flexibility index (Phi) is 5.57. The molecule has 2 unspecified atom stereocenters. The highest BCUT2D eigenvalue weighted by Crippen LogP contribution is 2.58. The quantitative estimate of drug-likeness (QED) is 0.551. The van der Waals surface area contributed by atoms with Gasteiger partial charge >= 0.3 is 13.6 Å². The van der Waals surface area contributed by atoms with Crippen molar-refractivity contribution in [2.24, 2.45) is 5.92 Å². The maximum Gasteiger partial charge on any atom is 0.337 e. The third-order valence-electron chi connectivity index (χ3n) is 2.93. The Morgan fingerprint density at radius 1 is 1.39 bits per heavy atom. The van der Waals surface area contributed by atoms with Crippen molar-refractivity contribution in [1.82, 2.24) is 0 Å². The molecule has 0 N–H and O–H groups in total. The minimum atomic E-state index is -3.19. The molecule has 0 fully saturated rings. The van der Waals surface area contributed by atoms with Gasteiger partial charge in [-0.1, -0.05) is 13.0 Å². The highest BCUT2D eigenvalue weighted by molar-refractivity contribution is 7.54. The fraction of sp³-hybridized carbons (Fsp3) is 0.750. The average molecular weight is 276 g/mol. The van der Waals surface area contributed by atoms with E-state index in [0.717, 1.165) is 0 Å². The summed E-state index contributed by atoms with van der Waals surface area (Å²) in [6.07, 6.45) is 2.23. The van der Waals surface area contributed by atoms with E-state index in [1.54, 1.807) is 19.9 Å². The van der Waals surface area contributed by atoms with Gasteiger partial charge in [0.1, 0.15) is 0 Å². The molecule has 104 valence electrons. The van der Waals surface area contributed by atoms with E-state index in [1.165, 1.54) is 7.11 Å². The first-order chi connectivity index (χ1) is 8.48. The normalized spacial score (nSPS) is 23.9. The van der Waals surface area contributed by atoms with Gasteiger partial charge in [-0.25, -0.2) is 4.79 Å². The number of rotatable bonds is 6. The van der Waals surface area contributed by atoms with Crippen molar-refractivity contribution in [3.05, 3.63) is 11.6 Å². The Balaban J connectivity index is 2.95. The van der Waals surface area contributed by atoms with E-state index in [2.05, 4.69) is 4.74 Å². The standard InChI is InChI=1S/C12H21O5P/c1-5-16-18(14,17-6-2)11-8-10(7-9(11)3)12(13)15-4/h8-9,11H,5-7H2,1-4H3. The number of carbonyl (C=O) groups excluding carboxylic acids is 1. The van der Waals surface area contributed by atoms with E-state index in [0.29, 0.717) is 25.2 Å². The molecule has 0 saturated heterocycles. The fourth-order valence-corrected chi connectivity index (χ4v) is 4.39. The van der Waals surface area contributed by atoms with E-state index >= 15 is 0 Å². The molecule has 0 aromatic carbocycles. The van der Waals surface area contributed by atoms with Crippen LogP contribution >= 0.6 is 7.60 Å². The number of hydrogen-bond donors (Lipinski definition) is 0. The van der Waals surface area contributed by atoms with Gasteiger partial charge in [0, 0.05) is 5.57 Å². The molecule has 0 heterocycles. The molecule has 0 bridgehead atoms. The first-order valence-corrected chi connectivity index (χ1v) is 7.77.